The van der Waals surface area contributed by atoms with Gasteiger partial charge in [0.1, 0.15) is 5.76 Å². The minimum absolute atomic E-state index is 0.630. The minimum Gasteiger partial charge on any atom is -0.428 e. The van der Waals surface area contributed by atoms with E-state index in [1.54, 1.807) is 0 Å². The van der Waals surface area contributed by atoms with Gasteiger partial charge in [-0.2, -0.15) is 4.98 Å². The standard InChI is InChI=1S/C13H11ClN2O/c1-8-9(2)17-13-15-12(7-16(8)13)10-3-5-11(14)6-4-10/h3-7H,1-2H3. The Hall–Kier alpha value is -1.74. The largest absolute Gasteiger partial charge is 0.428 e. The van der Waals surface area contributed by atoms with Crippen molar-refractivity contribution in [1.29, 1.82) is 0 Å². The molecule has 0 atom stereocenters. The van der Waals surface area contributed by atoms with Gasteiger partial charge < -0.3 is 4.42 Å². The van der Waals surface area contributed by atoms with Crippen molar-refractivity contribution >= 4 is 17.4 Å². The molecule has 0 radical (unpaired) electrons. The molecule has 3 aromatic rings. The summed E-state index contributed by atoms with van der Waals surface area (Å²) in [7, 11) is 0. The van der Waals surface area contributed by atoms with Gasteiger partial charge >= 0.3 is 5.84 Å². The number of oxazole rings is 1. The average molecular weight is 247 g/mol. The van der Waals surface area contributed by atoms with Gasteiger partial charge in [-0.15, -0.1) is 0 Å². The number of benzene rings is 1. The average Bonchev–Trinajstić information content (AvgIpc) is 2.82. The van der Waals surface area contributed by atoms with Gasteiger partial charge in [0, 0.05) is 16.8 Å². The van der Waals surface area contributed by atoms with Crippen LogP contribution in [0.2, 0.25) is 5.02 Å². The van der Waals surface area contributed by atoms with Crippen molar-refractivity contribution in [3.05, 3.63) is 46.9 Å². The number of halogens is 1. The van der Waals surface area contributed by atoms with E-state index in [1.165, 1.54) is 0 Å². The van der Waals surface area contributed by atoms with Gasteiger partial charge in [-0.05, 0) is 26.0 Å². The second-order valence-corrected chi connectivity index (χ2v) is 4.47. The highest BCUT2D eigenvalue weighted by atomic mass is 35.5. The van der Waals surface area contributed by atoms with Crippen LogP contribution >= 0.6 is 11.6 Å². The van der Waals surface area contributed by atoms with E-state index >= 15 is 0 Å². The molecule has 0 aliphatic heterocycles. The van der Waals surface area contributed by atoms with Crippen molar-refractivity contribution in [2.75, 3.05) is 0 Å². The van der Waals surface area contributed by atoms with Gasteiger partial charge in [0.15, 0.2) is 0 Å². The summed E-state index contributed by atoms with van der Waals surface area (Å²) in [5.74, 6) is 1.53. The monoisotopic (exact) mass is 246 g/mol. The number of nitrogens with zero attached hydrogens (tertiary/aromatic N) is 2. The summed E-state index contributed by atoms with van der Waals surface area (Å²) in [5, 5.41) is 0.726. The Morgan fingerprint density at radius 2 is 1.88 bits per heavy atom. The van der Waals surface area contributed by atoms with Crippen molar-refractivity contribution in [2.45, 2.75) is 13.8 Å². The van der Waals surface area contributed by atoms with Crippen LogP contribution in [0.3, 0.4) is 0 Å². The highest BCUT2D eigenvalue weighted by Crippen LogP contribution is 2.23. The molecule has 1 aromatic carbocycles. The highest BCUT2D eigenvalue weighted by molar-refractivity contribution is 6.30. The maximum absolute atomic E-state index is 5.86. The molecular weight excluding hydrogens is 236 g/mol. The topological polar surface area (TPSA) is 30.4 Å². The molecule has 0 saturated heterocycles. The van der Waals surface area contributed by atoms with E-state index in [0.29, 0.717) is 5.84 Å². The lowest BCUT2D eigenvalue weighted by atomic mass is 10.2. The minimum atomic E-state index is 0.630. The summed E-state index contributed by atoms with van der Waals surface area (Å²) in [4.78, 5) is 4.45. The Labute approximate surface area is 104 Å². The first-order valence-electron chi connectivity index (χ1n) is 5.36. The van der Waals surface area contributed by atoms with Crippen molar-refractivity contribution in [1.82, 2.24) is 9.38 Å². The number of fused-ring (bicyclic) bond motifs is 1. The number of aryl methyl sites for hydroxylation is 2. The predicted octanol–water partition coefficient (Wildman–Crippen LogP) is 3.86. The SMILES string of the molecule is Cc1oc2nc(-c3ccc(Cl)cc3)cn2c1C. The van der Waals surface area contributed by atoms with Gasteiger partial charge in [-0.25, -0.2) is 0 Å². The summed E-state index contributed by atoms with van der Waals surface area (Å²) < 4.78 is 7.51. The third-order valence-electron chi connectivity index (χ3n) is 2.93. The van der Waals surface area contributed by atoms with Crippen molar-refractivity contribution in [3.63, 3.8) is 0 Å². The Morgan fingerprint density at radius 3 is 2.53 bits per heavy atom. The first-order chi connectivity index (χ1) is 8.15. The van der Waals surface area contributed by atoms with Crippen LogP contribution in [0, 0.1) is 13.8 Å². The maximum atomic E-state index is 5.86. The lowest BCUT2D eigenvalue weighted by Gasteiger charge is -1.95. The van der Waals surface area contributed by atoms with Crippen LogP contribution in [0.15, 0.2) is 34.9 Å². The number of hydrogen-bond donors (Lipinski definition) is 0. The molecule has 17 heavy (non-hydrogen) atoms. The van der Waals surface area contributed by atoms with E-state index < -0.39 is 0 Å². The number of imidazole rings is 1. The van der Waals surface area contributed by atoms with E-state index in [1.807, 2.05) is 48.7 Å². The predicted molar refractivity (Wildman–Crippen MR) is 67.4 cm³/mol. The second kappa shape index (κ2) is 3.64. The molecule has 3 rings (SSSR count). The fraction of sp³-hybridized carbons (Fsp3) is 0.154. The van der Waals surface area contributed by atoms with Gasteiger partial charge in [0.25, 0.3) is 0 Å². The van der Waals surface area contributed by atoms with Gasteiger partial charge in [0.2, 0.25) is 0 Å². The summed E-state index contributed by atoms with van der Waals surface area (Å²) in [6.45, 7) is 3.95. The van der Waals surface area contributed by atoms with E-state index in [0.717, 1.165) is 27.7 Å². The summed E-state index contributed by atoms with van der Waals surface area (Å²) in [6.07, 6.45) is 1.98. The lowest BCUT2D eigenvalue weighted by Crippen LogP contribution is -1.81. The quantitative estimate of drug-likeness (QED) is 0.653. The third-order valence-corrected chi connectivity index (χ3v) is 3.18. The van der Waals surface area contributed by atoms with Crippen LogP contribution in [0.1, 0.15) is 11.5 Å². The van der Waals surface area contributed by atoms with Crippen molar-refractivity contribution < 1.29 is 4.42 Å². The van der Waals surface area contributed by atoms with Crippen molar-refractivity contribution in [3.8, 4) is 11.3 Å². The van der Waals surface area contributed by atoms with Gasteiger partial charge in [-0.3, -0.25) is 4.40 Å². The first kappa shape index (κ1) is 10.4. The van der Waals surface area contributed by atoms with Gasteiger partial charge in [-0.1, -0.05) is 23.7 Å². The zero-order chi connectivity index (χ0) is 12.0. The maximum Gasteiger partial charge on any atom is 0.306 e. The molecule has 0 fully saturated rings. The molecule has 0 aliphatic rings. The van der Waals surface area contributed by atoms with Crippen LogP contribution in [0.25, 0.3) is 17.1 Å². The smallest absolute Gasteiger partial charge is 0.306 e. The second-order valence-electron chi connectivity index (χ2n) is 4.03. The number of aromatic nitrogens is 2. The first-order valence-corrected chi connectivity index (χ1v) is 5.74. The molecular formula is C13H11ClN2O. The molecule has 4 heteroatoms. The van der Waals surface area contributed by atoms with E-state index in [2.05, 4.69) is 4.98 Å². The third kappa shape index (κ3) is 1.63. The molecule has 0 N–H and O–H groups in total. The molecule has 0 aliphatic carbocycles. The summed E-state index contributed by atoms with van der Waals surface area (Å²) >= 11 is 5.86. The molecule has 2 aromatic heterocycles. The van der Waals surface area contributed by atoms with Gasteiger partial charge in [0.05, 0.1) is 11.4 Å². The van der Waals surface area contributed by atoms with Crippen LogP contribution in [0.5, 0.6) is 0 Å². The Balaban J connectivity index is 2.15. The van der Waals surface area contributed by atoms with E-state index in [9.17, 15) is 0 Å². The van der Waals surface area contributed by atoms with E-state index in [4.69, 9.17) is 16.0 Å². The van der Waals surface area contributed by atoms with Crippen LogP contribution in [-0.4, -0.2) is 9.38 Å². The summed E-state index contributed by atoms with van der Waals surface area (Å²) in [6, 6.07) is 7.62. The van der Waals surface area contributed by atoms with Crippen LogP contribution in [-0.2, 0) is 0 Å². The molecule has 0 bridgehead atoms. The van der Waals surface area contributed by atoms with Crippen LogP contribution < -0.4 is 0 Å². The van der Waals surface area contributed by atoms with Crippen LogP contribution in [0.4, 0.5) is 0 Å². The molecule has 2 heterocycles. The lowest BCUT2D eigenvalue weighted by molar-refractivity contribution is 0.561. The fourth-order valence-electron chi connectivity index (χ4n) is 1.82. The van der Waals surface area contributed by atoms with E-state index in [-0.39, 0.29) is 0 Å². The number of rotatable bonds is 1. The molecule has 86 valence electrons. The Bertz CT molecular complexity index is 679. The zero-order valence-corrected chi connectivity index (χ0v) is 10.3. The molecule has 0 amide bonds. The molecule has 3 nitrogen and oxygen atoms in total. The molecule has 0 unspecified atom stereocenters. The molecule has 0 saturated carbocycles. The zero-order valence-electron chi connectivity index (χ0n) is 9.57. The van der Waals surface area contributed by atoms with Crippen molar-refractivity contribution in [2.24, 2.45) is 0 Å². The Morgan fingerprint density at radius 1 is 1.18 bits per heavy atom. The highest BCUT2D eigenvalue weighted by Gasteiger charge is 2.11. The Kier molecular flexibility index (Phi) is 2.23. The molecule has 0 spiro atoms. The summed E-state index contributed by atoms with van der Waals surface area (Å²) in [5.41, 5.74) is 3.00. The number of hydrogen-bond acceptors (Lipinski definition) is 2. The fourth-order valence-corrected chi connectivity index (χ4v) is 1.94. The normalized spacial score (nSPS) is 11.2.